The number of hydrogen-bond donors (Lipinski definition) is 2. The van der Waals surface area contributed by atoms with Gasteiger partial charge >= 0.3 is 0 Å². The zero-order chi connectivity index (χ0) is 8.27. The van der Waals surface area contributed by atoms with E-state index in [1.54, 1.807) is 0 Å². The Morgan fingerprint density at radius 3 is 2.27 bits per heavy atom. The smallest absolute Gasteiger partial charge is 0.214 e. The third-order valence-electron chi connectivity index (χ3n) is 1.26. The highest BCUT2D eigenvalue weighted by Crippen LogP contribution is 2.12. The average molecular weight is 158 g/mol. The summed E-state index contributed by atoms with van der Waals surface area (Å²) in [5.41, 5.74) is 0.300. The maximum absolute atomic E-state index is 12.3. The lowest BCUT2D eigenvalue weighted by molar-refractivity contribution is -0.339. The molecule has 0 aromatic heterocycles. The van der Waals surface area contributed by atoms with Gasteiger partial charge in [0.25, 0.3) is 0 Å². The van der Waals surface area contributed by atoms with Crippen molar-refractivity contribution < 1.29 is 19.6 Å². The summed E-state index contributed by atoms with van der Waals surface area (Å²) >= 11 is 0. The van der Waals surface area contributed by atoms with E-state index in [4.69, 9.17) is 10.4 Å². The molecule has 1 aromatic carbocycles. The Morgan fingerprint density at radius 2 is 1.82 bits per heavy atom. The summed E-state index contributed by atoms with van der Waals surface area (Å²) in [5, 5.41) is 16.8. The molecule has 2 N–H and O–H groups in total. The largest absolute Gasteiger partial charge is 0.362 e. The van der Waals surface area contributed by atoms with Crippen LogP contribution >= 0.6 is 0 Å². The minimum Gasteiger partial charge on any atom is -0.362 e. The van der Waals surface area contributed by atoms with Crippen molar-refractivity contribution in [1.82, 2.24) is 0 Å². The minimum absolute atomic E-state index is 0.300. The summed E-state index contributed by atoms with van der Waals surface area (Å²) in [6, 6.07) is 4.96. The van der Waals surface area contributed by atoms with Crippen LogP contribution in [0.15, 0.2) is 24.3 Å². The summed E-state index contributed by atoms with van der Waals surface area (Å²) in [7, 11) is 0. The van der Waals surface area contributed by atoms with Gasteiger partial charge in [-0.2, -0.15) is 0 Å². The molecule has 0 heterocycles. The first-order chi connectivity index (χ1) is 5.24. The van der Waals surface area contributed by atoms with Gasteiger partial charge < -0.3 is 5.11 Å². The predicted octanol–water partition coefficient (Wildman–Crippen LogP) is 1.31. The monoisotopic (exact) mass is 158 g/mol. The van der Waals surface area contributed by atoms with E-state index in [1.165, 1.54) is 12.1 Å². The Balaban J connectivity index is 2.81. The second kappa shape index (κ2) is 3.43. The van der Waals surface area contributed by atoms with Crippen LogP contribution in [0.4, 0.5) is 4.39 Å². The number of rotatable bonds is 2. The molecular formula is C7H7FO3. The summed E-state index contributed by atoms with van der Waals surface area (Å²) in [6.45, 7) is 0. The van der Waals surface area contributed by atoms with E-state index in [0.717, 1.165) is 12.1 Å². The van der Waals surface area contributed by atoms with Crippen LogP contribution in [0.2, 0.25) is 0 Å². The van der Waals surface area contributed by atoms with Gasteiger partial charge in [-0.25, -0.2) is 14.5 Å². The Bertz CT molecular complexity index is 222. The van der Waals surface area contributed by atoms with Crippen molar-refractivity contribution >= 4 is 0 Å². The van der Waals surface area contributed by atoms with Crippen molar-refractivity contribution in [2.45, 2.75) is 6.29 Å². The number of halogens is 1. The second-order valence-electron chi connectivity index (χ2n) is 2.01. The molecule has 1 rings (SSSR count). The van der Waals surface area contributed by atoms with Crippen LogP contribution in [0.25, 0.3) is 0 Å². The molecule has 0 spiro atoms. The second-order valence-corrected chi connectivity index (χ2v) is 2.01. The highest BCUT2D eigenvalue weighted by molar-refractivity contribution is 5.16. The molecule has 11 heavy (non-hydrogen) atoms. The van der Waals surface area contributed by atoms with Gasteiger partial charge in [-0.1, -0.05) is 12.1 Å². The molecule has 0 aliphatic heterocycles. The number of aliphatic hydroxyl groups excluding tert-OH is 1. The molecule has 4 heteroatoms. The molecule has 1 unspecified atom stereocenters. The molecule has 3 nitrogen and oxygen atoms in total. The van der Waals surface area contributed by atoms with E-state index in [9.17, 15) is 4.39 Å². The van der Waals surface area contributed by atoms with E-state index < -0.39 is 12.1 Å². The molecule has 1 atom stereocenters. The summed E-state index contributed by atoms with van der Waals surface area (Å²) < 4.78 is 12.3. The van der Waals surface area contributed by atoms with E-state index in [-0.39, 0.29) is 0 Å². The molecular weight excluding hydrogens is 151 g/mol. The molecule has 0 saturated heterocycles. The SMILES string of the molecule is OOC(O)c1ccc(F)cc1. The summed E-state index contributed by atoms with van der Waals surface area (Å²) in [6.07, 6.45) is -1.41. The Labute approximate surface area is 62.6 Å². The topological polar surface area (TPSA) is 49.7 Å². The molecule has 0 aliphatic carbocycles. The van der Waals surface area contributed by atoms with Crippen molar-refractivity contribution in [2.75, 3.05) is 0 Å². The zero-order valence-corrected chi connectivity index (χ0v) is 5.57. The maximum Gasteiger partial charge on any atom is 0.214 e. The van der Waals surface area contributed by atoms with Crippen LogP contribution in [0.3, 0.4) is 0 Å². The van der Waals surface area contributed by atoms with Gasteiger partial charge in [0.05, 0.1) is 0 Å². The Morgan fingerprint density at radius 1 is 1.27 bits per heavy atom. The lowest BCUT2D eigenvalue weighted by Crippen LogP contribution is -1.99. The lowest BCUT2D eigenvalue weighted by Gasteiger charge is -2.04. The Hall–Kier alpha value is -0.970. The van der Waals surface area contributed by atoms with Crippen LogP contribution < -0.4 is 0 Å². The van der Waals surface area contributed by atoms with Crippen LogP contribution in [0.1, 0.15) is 11.9 Å². The van der Waals surface area contributed by atoms with Gasteiger partial charge in [-0.3, -0.25) is 0 Å². The standard InChI is InChI=1S/C7H7FO3/c8-6-3-1-5(2-4-6)7(9)11-10/h1-4,7,9-10H. The van der Waals surface area contributed by atoms with Crippen LogP contribution in [0, 0.1) is 5.82 Å². The summed E-state index contributed by atoms with van der Waals surface area (Å²) in [4.78, 5) is 3.61. The van der Waals surface area contributed by atoms with Gasteiger partial charge in [0.15, 0.2) is 0 Å². The van der Waals surface area contributed by atoms with Crippen molar-refractivity contribution in [2.24, 2.45) is 0 Å². The highest BCUT2D eigenvalue weighted by atomic mass is 19.1. The number of aliphatic hydroxyl groups is 1. The van der Waals surface area contributed by atoms with Gasteiger partial charge in [0.1, 0.15) is 5.82 Å². The first-order valence-corrected chi connectivity index (χ1v) is 2.98. The molecule has 0 amide bonds. The normalized spacial score (nSPS) is 13.0. The fourth-order valence-electron chi connectivity index (χ4n) is 0.688. The van der Waals surface area contributed by atoms with Crippen LogP contribution in [0.5, 0.6) is 0 Å². The van der Waals surface area contributed by atoms with E-state index in [2.05, 4.69) is 4.89 Å². The molecule has 0 aliphatic rings. The van der Waals surface area contributed by atoms with E-state index in [0.29, 0.717) is 5.56 Å². The van der Waals surface area contributed by atoms with Gasteiger partial charge in [-0.05, 0) is 12.1 Å². The van der Waals surface area contributed by atoms with Gasteiger partial charge in [-0.15, -0.1) is 0 Å². The third kappa shape index (κ3) is 1.98. The fourth-order valence-corrected chi connectivity index (χ4v) is 0.688. The lowest BCUT2D eigenvalue weighted by atomic mass is 10.2. The minimum atomic E-state index is -1.41. The molecule has 0 fully saturated rings. The maximum atomic E-state index is 12.3. The van der Waals surface area contributed by atoms with Crippen molar-refractivity contribution in [3.8, 4) is 0 Å². The predicted molar refractivity (Wildman–Crippen MR) is 35.1 cm³/mol. The van der Waals surface area contributed by atoms with Gasteiger partial charge in [0.2, 0.25) is 6.29 Å². The first kappa shape index (κ1) is 8.13. The highest BCUT2D eigenvalue weighted by Gasteiger charge is 2.05. The first-order valence-electron chi connectivity index (χ1n) is 2.98. The van der Waals surface area contributed by atoms with Crippen LogP contribution in [-0.4, -0.2) is 10.4 Å². The van der Waals surface area contributed by atoms with E-state index in [1.807, 2.05) is 0 Å². The average Bonchev–Trinajstić information content (AvgIpc) is 2.05. The number of benzene rings is 1. The fraction of sp³-hybridized carbons (Fsp3) is 0.143. The number of hydrogen-bond acceptors (Lipinski definition) is 3. The molecule has 0 bridgehead atoms. The summed E-state index contributed by atoms with van der Waals surface area (Å²) in [5.74, 6) is -0.404. The molecule has 0 radical (unpaired) electrons. The molecule has 0 saturated carbocycles. The zero-order valence-electron chi connectivity index (χ0n) is 5.57. The quantitative estimate of drug-likeness (QED) is 0.387. The van der Waals surface area contributed by atoms with Crippen LogP contribution in [-0.2, 0) is 4.89 Å². The van der Waals surface area contributed by atoms with E-state index >= 15 is 0 Å². The van der Waals surface area contributed by atoms with Gasteiger partial charge in [0, 0.05) is 5.56 Å². The molecule has 60 valence electrons. The van der Waals surface area contributed by atoms with Crippen molar-refractivity contribution in [1.29, 1.82) is 0 Å². The molecule has 1 aromatic rings. The van der Waals surface area contributed by atoms with Crippen molar-refractivity contribution in [3.63, 3.8) is 0 Å². The third-order valence-corrected chi connectivity index (χ3v) is 1.26. The van der Waals surface area contributed by atoms with Crippen molar-refractivity contribution in [3.05, 3.63) is 35.6 Å². The Kier molecular flexibility index (Phi) is 2.53.